The Morgan fingerprint density at radius 1 is 1.19 bits per heavy atom. The van der Waals surface area contributed by atoms with E-state index >= 15 is 0 Å². The van der Waals surface area contributed by atoms with Crippen LogP contribution in [-0.2, 0) is 0 Å². The summed E-state index contributed by atoms with van der Waals surface area (Å²) < 4.78 is 0. The summed E-state index contributed by atoms with van der Waals surface area (Å²) >= 11 is 0. The molecule has 0 amide bonds. The summed E-state index contributed by atoms with van der Waals surface area (Å²) in [5.74, 6) is 1.76. The van der Waals surface area contributed by atoms with Crippen LogP contribution in [0.15, 0.2) is 0 Å². The van der Waals surface area contributed by atoms with E-state index in [-0.39, 0.29) is 0 Å². The van der Waals surface area contributed by atoms with Crippen LogP contribution in [-0.4, -0.2) is 37.1 Å². The number of nitrogens with zero attached hydrogens (tertiary/aromatic N) is 1. The Kier molecular flexibility index (Phi) is 4.26. The highest BCUT2D eigenvalue weighted by Gasteiger charge is 2.28. The number of nitrogens with one attached hydrogen (secondary N) is 1. The first-order chi connectivity index (χ1) is 7.66. The third-order valence-corrected chi connectivity index (χ3v) is 4.69. The summed E-state index contributed by atoms with van der Waals surface area (Å²) in [5, 5.41) is 3.90. The summed E-state index contributed by atoms with van der Waals surface area (Å²) in [6.45, 7) is 7.32. The molecule has 2 aliphatic rings. The maximum absolute atomic E-state index is 3.90. The van der Waals surface area contributed by atoms with Gasteiger partial charge in [-0.1, -0.05) is 19.8 Å². The molecule has 0 radical (unpaired) electrons. The number of likely N-dealkylation sites (tertiary alicyclic amines) is 1. The lowest BCUT2D eigenvalue weighted by molar-refractivity contribution is 0.159. The van der Waals surface area contributed by atoms with Gasteiger partial charge in [-0.25, -0.2) is 0 Å². The predicted octanol–water partition coefficient (Wildman–Crippen LogP) is 2.49. The van der Waals surface area contributed by atoms with Crippen molar-refractivity contribution in [3.63, 3.8) is 0 Å². The van der Waals surface area contributed by atoms with Crippen LogP contribution in [0.1, 0.15) is 46.0 Å². The van der Waals surface area contributed by atoms with E-state index in [1.807, 2.05) is 0 Å². The monoisotopic (exact) mass is 224 g/mol. The molecular weight excluding hydrogens is 196 g/mol. The van der Waals surface area contributed by atoms with Crippen LogP contribution in [0, 0.1) is 11.8 Å². The van der Waals surface area contributed by atoms with Gasteiger partial charge in [-0.15, -0.1) is 0 Å². The van der Waals surface area contributed by atoms with Crippen molar-refractivity contribution in [2.75, 3.05) is 20.1 Å². The van der Waals surface area contributed by atoms with E-state index < -0.39 is 0 Å². The zero-order valence-corrected chi connectivity index (χ0v) is 11.2. The first-order valence-corrected chi connectivity index (χ1v) is 7.11. The molecule has 0 aromatic heterocycles. The minimum absolute atomic E-state index is 0.735. The van der Waals surface area contributed by atoms with Crippen LogP contribution in [0.4, 0.5) is 0 Å². The average molecular weight is 224 g/mol. The van der Waals surface area contributed by atoms with Crippen molar-refractivity contribution >= 4 is 0 Å². The normalized spacial score (nSPS) is 35.4. The van der Waals surface area contributed by atoms with Crippen LogP contribution >= 0.6 is 0 Å². The van der Waals surface area contributed by atoms with Crippen molar-refractivity contribution in [2.24, 2.45) is 11.8 Å². The van der Waals surface area contributed by atoms with Gasteiger partial charge in [0.1, 0.15) is 0 Å². The average Bonchev–Trinajstić information content (AvgIpc) is 2.75. The fraction of sp³-hybridized carbons (Fsp3) is 1.00. The van der Waals surface area contributed by atoms with Crippen LogP contribution in [0.5, 0.6) is 0 Å². The smallest absolute Gasteiger partial charge is 0.0120 e. The van der Waals surface area contributed by atoms with Crippen LogP contribution in [0.3, 0.4) is 0 Å². The van der Waals surface area contributed by atoms with E-state index in [1.54, 1.807) is 0 Å². The van der Waals surface area contributed by atoms with Crippen molar-refractivity contribution in [3.05, 3.63) is 0 Å². The molecule has 3 unspecified atom stereocenters. The lowest BCUT2D eigenvalue weighted by Crippen LogP contribution is -2.50. The Morgan fingerprint density at radius 2 is 1.88 bits per heavy atom. The van der Waals surface area contributed by atoms with Gasteiger partial charge in [0.25, 0.3) is 0 Å². The molecule has 3 atom stereocenters. The third kappa shape index (κ3) is 2.98. The quantitative estimate of drug-likeness (QED) is 0.792. The van der Waals surface area contributed by atoms with Gasteiger partial charge in [0, 0.05) is 18.6 Å². The molecule has 0 spiro atoms. The Hall–Kier alpha value is -0.0800. The maximum Gasteiger partial charge on any atom is 0.0120 e. The Labute approximate surface area is 101 Å². The van der Waals surface area contributed by atoms with Crippen molar-refractivity contribution < 1.29 is 0 Å². The SMILES string of the molecule is CC1CN(C)CCC1NC(C)C1CCCC1. The van der Waals surface area contributed by atoms with Crippen molar-refractivity contribution in [2.45, 2.75) is 58.0 Å². The molecule has 2 heteroatoms. The van der Waals surface area contributed by atoms with E-state index in [1.165, 1.54) is 45.2 Å². The Balaban J connectivity index is 1.79. The molecule has 0 bridgehead atoms. The second-order valence-electron chi connectivity index (χ2n) is 6.13. The fourth-order valence-electron chi connectivity index (χ4n) is 3.53. The van der Waals surface area contributed by atoms with Gasteiger partial charge in [-0.2, -0.15) is 0 Å². The van der Waals surface area contributed by atoms with Gasteiger partial charge in [0.2, 0.25) is 0 Å². The molecule has 0 aromatic carbocycles. The lowest BCUT2D eigenvalue weighted by atomic mass is 9.91. The van der Waals surface area contributed by atoms with E-state index in [9.17, 15) is 0 Å². The zero-order chi connectivity index (χ0) is 11.5. The van der Waals surface area contributed by atoms with Gasteiger partial charge in [0.15, 0.2) is 0 Å². The standard InChI is InChI=1S/C14H28N2/c1-11-10-16(3)9-8-14(11)15-12(2)13-6-4-5-7-13/h11-15H,4-10H2,1-3H3. The van der Waals surface area contributed by atoms with E-state index in [2.05, 4.69) is 31.1 Å². The maximum atomic E-state index is 3.90. The molecule has 16 heavy (non-hydrogen) atoms. The number of piperidine rings is 1. The molecule has 1 saturated heterocycles. The van der Waals surface area contributed by atoms with Gasteiger partial charge < -0.3 is 10.2 Å². The second-order valence-corrected chi connectivity index (χ2v) is 6.13. The highest BCUT2D eigenvalue weighted by molar-refractivity contribution is 4.86. The Bertz CT molecular complexity index is 211. The highest BCUT2D eigenvalue weighted by Crippen LogP contribution is 2.28. The molecule has 2 fully saturated rings. The van der Waals surface area contributed by atoms with Crippen LogP contribution in [0.25, 0.3) is 0 Å². The molecule has 1 N–H and O–H groups in total. The molecule has 1 aliphatic carbocycles. The number of rotatable bonds is 3. The first kappa shape index (κ1) is 12.4. The van der Waals surface area contributed by atoms with E-state index in [0.717, 1.165) is 23.9 Å². The lowest BCUT2D eigenvalue weighted by Gasteiger charge is -2.38. The molecular formula is C14H28N2. The van der Waals surface area contributed by atoms with Gasteiger partial charge in [0.05, 0.1) is 0 Å². The Morgan fingerprint density at radius 3 is 2.50 bits per heavy atom. The minimum Gasteiger partial charge on any atom is -0.311 e. The fourth-order valence-corrected chi connectivity index (χ4v) is 3.53. The summed E-state index contributed by atoms with van der Waals surface area (Å²) in [7, 11) is 2.24. The van der Waals surface area contributed by atoms with E-state index in [0.29, 0.717) is 0 Å². The largest absolute Gasteiger partial charge is 0.311 e. The molecule has 1 aliphatic heterocycles. The molecule has 1 saturated carbocycles. The topological polar surface area (TPSA) is 15.3 Å². The van der Waals surface area contributed by atoms with Gasteiger partial charge in [-0.05, 0) is 51.6 Å². The molecule has 2 nitrogen and oxygen atoms in total. The summed E-state index contributed by atoms with van der Waals surface area (Å²) in [6.07, 6.45) is 7.15. The number of hydrogen-bond acceptors (Lipinski definition) is 2. The summed E-state index contributed by atoms with van der Waals surface area (Å²) in [6, 6.07) is 1.49. The minimum atomic E-state index is 0.735. The first-order valence-electron chi connectivity index (χ1n) is 7.11. The molecule has 94 valence electrons. The van der Waals surface area contributed by atoms with Crippen molar-refractivity contribution in [1.82, 2.24) is 10.2 Å². The van der Waals surface area contributed by atoms with Crippen molar-refractivity contribution in [1.29, 1.82) is 0 Å². The van der Waals surface area contributed by atoms with Crippen LogP contribution < -0.4 is 5.32 Å². The number of hydrogen-bond donors (Lipinski definition) is 1. The summed E-state index contributed by atoms with van der Waals surface area (Å²) in [5.41, 5.74) is 0. The molecule has 1 heterocycles. The summed E-state index contributed by atoms with van der Waals surface area (Å²) in [4.78, 5) is 2.46. The second kappa shape index (κ2) is 5.50. The predicted molar refractivity (Wildman–Crippen MR) is 69.6 cm³/mol. The van der Waals surface area contributed by atoms with Gasteiger partial charge in [-0.3, -0.25) is 0 Å². The highest BCUT2D eigenvalue weighted by atomic mass is 15.1. The van der Waals surface area contributed by atoms with Crippen LogP contribution in [0.2, 0.25) is 0 Å². The third-order valence-electron chi connectivity index (χ3n) is 4.69. The zero-order valence-electron chi connectivity index (χ0n) is 11.2. The van der Waals surface area contributed by atoms with E-state index in [4.69, 9.17) is 0 Å². The van der Waals surface area contributed by atoms with Crippen molar-refractivity contribution in [3.8, 4) is 0 Å². The molecule has 2 rings (SSSR count). The molecule has 0 aromatic rings. The van der Waals surface area contributed by atoms with Gasteiger partial charge >= 0.3 is 0 Å².